The van der Waals surface area contributed by atoms with Gasteiger partial charge >= 0.3 is 0 Å². The second-order valence-electron chi connectivity index (χ2n) is 4.13. The van der Waals surface area contributed by atoms with Crippen LogP contribution in [0.5, 0.6) is 0 Å². The van der Waals surface area contributed by atoms with Gasteiger partial charge in [0.2, 0.25) is 0 Å². The van der Waals surface area contributed by atoms with Crippen molar-refractivity contribution >= 4 is 0 Å². The molecule has 0 heterocycles. The van der Waals surface area contributed by atoms with Crippen molar-refractivity contribution in [1.82, 2.24) is 0 Å². The van der Waals surface area contributed by atoms with E-state index >= 15 is 0 Å². The fourth-order valence-corrected chi connectivity index (χ4v) is 0. The second-order valence-corrected chi connectivity index (χ2v) is 4.13. The molecule has 0 aromatic heterocycles. The molecule has 0 unspecified atom stereocenters. The van der Waals surface area contributed by atoms with E-state index in [-0.39, 0.29) is 169 Å². The van der Waals surface area contributed by atoms with Crippen molar-refractivity contribution in [2.45, 2.75) is 41.5 Å². The number of hydrogen-bond acceptors (Lipinski definition) is 0. The third-order valence-electron chi connectivity index (χ3n) is 2.03. The van der Waals surface area contributed by atoms with Gasteiger partial charge in [-0.05, 0) is 0 Å². The van der Waals surface area contributed by atoms with Crippen molar-refractivity contribution in [1.29, 1.82) is 0 Å². The Balaban J connectivity index is -0.0000000172. The maximum Gasteiger partial charge on any atom is 0 e. The average molecular weight is 587 g/mol. The molecular weight excluding hydrogens is 565 g/mol. The minimum absolute atomic E-state index is 0. The average Bonchev–Trinajstić information content (AvgIpc) is 1.66. The summed E-state index contributed by atoms with van der Waals surface area (Å²) in [5, 5.41) is 0. The maximum atomic E-state index is 4.04. The molecule has 0 aliphatic carbocycles. The summed E-state index contributed by atoms with van der Waals surface area (Å²) in [7, 11) is 0. The molecule has 15 heavy (non-hydrogen) atoms. The van der Waals surface area contributed by atoms with E-state index in [0.717, 1.165) is 0 Å². The Kier molecular flexibility index (Phi) is 62.2. The molecule has 0 atom stereocenters. The molecule has 0 bridgehead atoms. The predicted molar refractivity (Wildman–Crippen MR) is 49.6 cm³/mol. The zero-order chi connectivity index (χ0) is 9.00. The molecule has 0 nitrogen and oxygen atoms in total. The van der Waals surface area contributed by atoms with Crippen molar-refractivity contribution in [2.75, 3.05) is 0 Å². The van der Waals surface area contributed by atoms with Crippen LogP contribution in [0, 0.1) is 24.7 Å². The summed E-state index contributed by atoms with van der Waals surface area (Å²) in [5.41, 5.74) is 0.514. The first kappa shape index (κ1) is 42.8. The molecular formula is C10H22Y5-2. The van der Waals surface area contributed by atoms with E-state index in [1.807, 2.05) is 0 Å². The van der Waals surface area contributed by atoms with E-state index in [1.165, 1.54) is 0 Å². The van der Waals surface area contributed by atoms with Crippen LogP contribution < -0.4 is 0 Å². The molecule has 0 aliphatic heterocycles. The summed E-state index contributed by atoms with van der Waals surface area (Å²) >= 11 is 0. The van der Waals surface area contributed by atoms with Gasteiger partial charge in [-0.1, -0.05) is 40.0 Å². The van der Waals surface area contributed by atoms with Crippen LogP contribution in [-0.2, 0) is 164 Å². The van der Waals surface area contributed by atoms with Crippen molar-refractivity contribution in [3.8, 4) is 0 Å². The van der Waals surface area contributed by atoms with Crippen molar-refractivity contribution in [3.63, 3.8) is 0 Å². The van der Waals surface area contributed by atoms with E-state index in [0.29, 0.717) is 5.41 Å². The predicted octanol–water partition coefficient (Wildman–Crippen LogP) is 3.72. The van der Waals surface area contributed by atoms with Crippen molar-refractivity contribution in [3.05, 3.63) is 13.8 Å². The quantitative estimate of drug-likeness (QED) is 0.380. The van der Waals surface area contributed by atoms with Crippen LogP contribution in [0.4, 0.5) is 0 Å². The van der Waals surface area contributed by atoms with Gasteiger partial charge in [0.1, 0.15) is 0 Å². The molecule has 0 saturated carbocycles. The normalized spacial score (nSPS) is 8.00. The minimum atomic E-state index is 0. The Morgan fingerprint density at radius 2 is 0.667 bits per heavy atom. The Labute approximate surface area is 224 Å². The Hall–Kier alpha value is 5.52. The second kappa shape index (κ2) is 21.8. The van der Waals surface area contributed by atoms with Crippen LogP contribution in [0.2, 0.25) is 0 Å². The van der Waals surface area contributed by atoms with Crippen LogP contribution >= 0.6 is 0 Å². The molecule has 79 valence electrons. The molecule has 0 aromatic rings. The SMILES string of the molecule is [CH2-]C.[CH2-]C(C)(C)C(C)(C)C.[Y].[Y].[Y].[Y].[Y]. The van der Waals surface area contributed by atoms with Crippen LogP contribution in [0.15, 0.2) is 0 Å². The van der Waals surface area contributed by atoms with E-state index in [1.54, 1.807) is 6.92 Å². The summed E-state index contributed by atoms with van der Waals surface area (Å²) in [6.45, 7) is 20.0. The summed E-state index contributed by atoms with van der Waals surface area (Å²) in [5.74, 6) is 0. The van der Waals surface area contributed by atoms with Crippen LogP contribution in [0.25, 0.3) is 0 Å². The summed E-state index contributed by atoms with van der Waals surface area (Å²) in [6, 6.07) is 0. The summed E-state index contributed by atoms with van der Waals surface area (Å²) in [6.07, 6.45) is 0. The van der Waals surface area contributed by atoms with E-state index in [9.17, 15) is 0 Å². The smallest absolute Gasteiger partial charge is 0 e. The standard InChI is InChI=1S/C8H17.C2H5.5Y/c1-7(2,3)8(4,5)6;1-2;;;;;/h1H2,2-6H3;1H2,2H3;;;;;/q2*-1;;;;;. The fourth-order valence-electron chi connectivity index (χ4n) is 0. The van der Waals surface area contributed by atoms with Crippen molar-refractivity contribution < 1.29 is 164 Å². The first-order valence-corrected chi connectivity index (χ1v) is 3.81. The van der Waals surface area contributed by atoms with E-state index in [4.69, 9.17) is 0 Å². The van der Waals surface area contributed by atoms with Gasteiger partial charge in [-0.25, -0.2) is 0 Å². The summed E-state index contributed by atoms with van der Waals surface area (Å²) in [4.78, 5) is 0. The maximum absolute atomic E-state index is 4.04. The van der Waals surface area contributed by atoms with Gasteiger partial charge in [-0.15, -0.1) is 0 Å². The van der Waals surface area contributed by atoms with Gasteiger partial charge in [0.15, 0.2) is 0 Å². The third-order valence-corrected chi connectivity index (χ3v) is 2.03. The van der Waals surface area contributed by atoms with Gasteiger partial charge in [-0.2, -0.15) is 12.3 Å². The zero-order valence-electron chi connectivity index (χ0n) is 11.3. The van der Waals surface area contributed by atoms with Gasteiger partial charge in [0.25, 0.3) is 0 Å². The van der Waals surface area contributed by atoms with Crippen molar-refractivity contribution in [2.24, 2.45) is 10.8 Å². The van der Waals surface area contributed by atoms with E-state index in [2.05, 4.69) is 48.5 Å². The van der Waals surface area contributed by atoms with Gasteiger partial charge in [0, 0.05) is 164 Å². The molecule has 0 spiro atoms. The van der Waals surface area contributed by atoms with Crippen LogP contribution in [0.3, 0.4) is 0 Å². The van der Waals surface area contributed by atoms with E-state index < -0.39 is 0 Å². The van der Waals surface area contributed by atoms with Gasteiger partial charge < -0.3 is 13.8 Å². The molecule has 0 fully saturated rings. The summed E-state index contributed by atoms with van der Waals surface area (Å²) < 4.78 is 0. The monoisotopic (exact) mass is 587 g/mol. The molecule has 0 amide bonds. The zero-order valence-corrected chi connectivity index (χ0v) is 25.5. The molecule has 5 heteroatoms. The largest absolute Gasteiger partial charge is 0.346 e. The molecule has 0 aromatic carbocycles. The van der Waals surface area contributed by atoms with Gasteiger partial charge in [-0.3, -0.25) is 0 Å². The Morgan fingerprint density at radius 3 is 0.667 bits per heavy atom. The molecule has 5 radical (unpaired) electrons. The Bertz CT molecular complexity index is 68.8. The first-order valence-electron chi connectivity index (χ1n) is 3.81. The number of rotatable bonds is 0. The molecule has 0 aliphatic rings. The molecule has 0 saturated heterocycles. The number of hydrogen-bond donors (Lipinski definition) is 0. The topological polar surface area (TPSA) is 0 Å². The Morgan fingerprint density at radius 1 is 0.600 bits per heavy atom. The first-order chi connectivity index (χ1) is 4.25. The van der Waals surface area contributed by atoms with Gasteiger partial charge in [0.05, 0.1) is 0 Å². The fraction of sp³-hybridized carbons (Fsp3) is 0.800. The molecule has 0 N–H and O–H groups in total. The minimum Gasteiger partial charge on any atom is -0.346 e. The molecule has 0 rings (SSSR count). The van der Waals surface area contributed by atoms with Crippen LogP contribution in [0.1, 0.15) is 41.5 Å². The third kappa shape index (κ3) is 28.4. The van der Waals surface area contributed by atoms with Crippen LogP contribution in [-0.4, -0.2) is 0 Å².